The highest BCUT2D eigenvalue weighted by Gasteiger charge is 2.35. The number of carbonyl (C=O) groups excluding carboxylic acids is 1. The number of para-hydroxylation sites is 1. The molecule has 9 heteroatoms. The van der Waals surface area contributed by atoms with Crippen LogP contribution in [0.15, 0.2) is 29.1 Å². The molecule has 0 bridgehead atoms. The molecule has 3 aromatic rings. The maximum Gasteiger partial charge on any atom is 0.268 e. The number of aliphatic hydroxyl groups excluding tert-OH is 1. The third kappa shape index (κ3) is 3.02. The minimum absolute atomic E-state index is 0.136. The summed E-state index contributed by atoms with van der Waals surface area (Å²) in [6.07, 6.45) is 1.54. The van der Waals surface area contributed by atoms with Crippen molar-refractivity contribution in [1.29, 1.82) is 0 Å². The molecule has 1 N–H and O–H groups in total. The van der Waals surface area contributed by atoms with E-state index in [1.807, 2.05) is 6.07 Å². The highest BCUT2D eigenvalue weighted by Crippen LogP contribution is 2.33. The van der Waals surface area contributed by atoms with Crippen LogP contribution in [0.1, 0.15) is 40.1 Å². The van der Waals surface area contributed by atoms with Crippen molar-refractivity contribution < 1.29 is 9.90 Å². The van der Waals surface area contributed by atoms with Crippen LogP contribution in [0, 0.1) is 6.92 Å². The van der Waals surface area contributed by atoms with Crippen molar-refractivity contribution in [3.05, 3.63) is 51.0 Å². The molecule has 1 aliphatic heterocycles. The largest absolute Gasteiger partial charge is 0.395 e. The predicted molar refractivity (Wildman–Crippen MR) is 101 cm³/mol. The lowest BCUT2D eigenvalue weighted by Crippen LogP contribution is -2.36. The zero-order valence-corrected chi connectivity index (χ0v) is 15.6. The number of amides is 1. The van der Waals surface area contributed by atoms with E-state index in [9.17, 15) is 14.7 Å². The van der Waals surface area contributed by atoms with Crippen molar-refractivity contribution in [2.24, 2.45) is 0 Å². The standard InChI is InChI=1S/C18H19N5O3S/c1-11-15(27-21-20-11)18(26)22-8-4-7-14(22)16-19-13-6-3-2-5-12(13)17(25)23(16)9-10-24/h2-3,5-6,14,24H,4,7-10H2,1H3. The van der Waals surface area contributed by atoms with Crippen LogP contribution >= 0.6 is 11.5 Å². The normalized spacial score (nSPS) is 17.0. The number of hydrogen-bond acceptors (Lipinski definition) is 7. The topological polar surface area (TPSA) is 101 Å². The van der Waals surface area contributed by atoms with Gasteiger partial charge in [0.25, 0.3) is 11.5 Å². The van der Waals surface area contributed by atoms with Crippen LogP contribution in [0.2, 0.25) is 0 Å². The number of fused-ring (bicyclic) bond motifs is 1. The van der Waals surface area contributed by atoms with E-state index in [4.69, 9.17) is 4.98 Å². The van der Waals surface area contributed by atoms with E-state index in [0.717, 1.165) is 18.0 Å². The van der Waals surface area contributed by atoms with E-state index < -0.39 is 0 Å². The summed E-state index contributed by atoms with van der Waals surface area (Å²) in [5.41, 5.74) is 1.01. The van der Waals surface area contributed by atoms with Gasteiger partial charge >= 0.3 is 0 Å². The Morgan fingerprint density at radius 2 is 2.19 bits per heavy atom. The van der Waals surface area contributed by atoms with Crippen LogP contribution in [-0.4, -0.2) is 48.2 Å². The second kappa shape index (κ2) is 7.16. The zero-order chi connectivity index (χ0) is 19.0. The van der Waals surface area contributed by atoms with E-state index in [1.54, 1.807) is 30.0 Å². The molecule has 8 nitrogen and oxygen atoms in total. The van der Waals surface area contributed by atoms with Crippen molar-refractivity contribution in [2.75, 3.05) is 13.2 Å². The van der Waals surface area contributed by atoms with Crippen LogP contribution in [0.3, 0.4) is 0 Å². The number of likely N-dealkylation sites (tertiary alicyclic amines) is 1. The summed E-state index contributed by atoms with van der Waals surface area (Å²) in [6.45, 7) is 2.32. The molecule has 0 saturated carbocycles. The van der Waals surface area contributed by atoms with Crippen molar-refractivity contribution in [3.8, 4) is 0 Å². The quantitative estimate of drug-likeness (QED) is 0.731. The van der Waals surface area contributed by atoms with Gasteiger partial charge in [0.15, 0.2) is 0 Å². The minimum atomic E-state index is -0.317. The highest BCUT2D eigenvalue weighted by molar-refractivity contribution is 7.07. The first-order chi connectivity index (χ1) is 13.1. The van der Waals surface area contributed by atoms with E-state index in [-0.39, 0.29) is 30.7 Å². The average Bonchev–Trinajstić information content (AvgIpc) is 3.32. The van der Waals surface area contributed by atoms with Crippen LogP contribution in [0.5, 0.6) is 0 Å². The van der Waals surface area contributed by atoms with Gasteiger partial charge in [-0.2, -0.15) is 0 Å². The molecule has 3 heterocycles. The van der Waals surface area contributed by atoms with Gasteiger partial charge in [-0.3, -0.25) is 14.2 Å². The maximum absolute atomic E-state index is 13.0. The third-order valence-corrected chi connectivity index (χ3v) is 5.69. The molecular weight excluding hydrogens is 366 g/mol. The van der Waals surface area contributed by atoms with Gasteiger partial charge in [0.2, 0.25) is 0 Å². The summed E-state index contributed by atoms with van der Waals surface area (Å²) in [6, 6.07) is 6.83. The SMILES string of the molecule is Cc1nnsc1C(=O)N1CCCC1c1nc2ccccc2c(=O)n1CCO. The number of aryl methyl sites for hydroxylation is 1. The van der Waals surface area contributed by atoms with Crippen LogP contribution in [-0.2, 0) is 6.54 Å². The first-order valence-electron chi connectivity index (χ1n) is 8.82. The molecule has 0 radical (unpaired) electrons. The Bertz CT molecular complexity index is 1060. The van der Waals surface area contributed by atoms with Crippen molar-refractivity contribution in [2.45, 2.75) is 32.4 Å². The average molecular weight is 385 g/mol. The number of nitrogens with zero attached hydrogens (tertiary/aromatic N) is 5. The van der Waals surface area contributed by atoms with E-state index >= 15 is 0 Å². The molecule has 140 valence electrons. The monoisotopic (exact) mass is 385 g/mol. The second-order valence-corrected chi connectivity index (χ2v) is 7.27. The molecule has 1 unspecified atom stereocenters. The van der Waals surface area contributed by atoms with Crippen molar-refractivity contribution >= 4 is 28.3 Å². The van der Waals surface area contributed by atoms with Gasteiger partial charge in [-0.05, 0) is 43.4 Å². The number of aliphatic hydroxyl groups is 1. The summed E-state index contributed by atoms with van der Waals surface area (Å²) in [5.74, 6) is 0.386. The molecule has 0 aliphatic carbocycles. The van der Waals surface area contributed by atoms with Crippen LogP contribution in [0.4, 0.5) is 0 Å². The van der Waals surface area contributed by atoms with E-state index in [2.05, 4.69) is 9.59 Å². The molecule has 1 saturated heterocycles. The van der Waals surface area contributed by atoms with E-state index in [0.29, 0.717) is 40.3 Å². The van der Waals surface area contributed by atoms with Gasteiger partial charge in [-0.25, -0.2) is 4.98 Å². The predicted octanol–water partition coefficient (Wildman–Crippen LogP) is 1.53. The Balaban J connectivity index is 1.82. The molecule has 1 aliphatic rings. The first-order valence-corrected chi connectivity index (χ1v) is 9.59. The molecule has 1 aromatic carbocycles. The van der Waals surface area contributed by atoms with Gasteiger partial charge in [-0.1, -0.05) is 16.6 Å². The number of rotatable bonds is 4. The van der Waals surface area contributed by atoms with Crippen LogP contribution in [0.25, 0.3) is 10.9 Å². The zero-order valence-electron chi connectivity index (χ0n) is 14.8. The lowest BCUT2D eigenvalue weighted by atomic mass is 10.1. The van der Waals surface area contributed by atoms with Gasteiger partial charge in [0.1, 0.15) is 10.7 Å². The van der Waals surface area contributed by atoms with E-state index in [1.165, 1.54) is 4.57 Å². The second-order valence-electron chi connectivity index (χ2n) is 6.51. The maximum atomic E-state index is 13.0. The van der Waals surface area contributed by atoms with Crippen molar-refractivity contribution in [1.82, 2.24) is 24.0 Å². The Labute approximate surface area is 159 Å². The Morgan fingerprint density at radius 3 is 2.93 bits per heavy atom. The number of hydrogen-bond donors (Lipinski definition) is 1. The van der Waals surface area contributed by atoms with Crippen molar-refractivity contribution in [3.63, 3.8) is 0 Å². The summed E-state index contributed by atoms with van der Waals surface area (Å²) in [7, 11) is 0. The smallest absolute Gasteiger partial charge is 0.268 e. The molecule has 1 amide bonds. The molecular formula is C18H19N5O3S. The fourth-order valence-electron chi connectivity index (χ4n) is 3.59. The number of carbonyl (C=O) groups is 1. The Hall–Kier alpha value is -2.65. The minimum Gasteiger partial charge on any atom is -0.395 e. The van der Waals surface area contributed by atoms with Gasteiger partial charge in [0.05, 0.1) is 35.8 Å². The number of benzene rings is 1. The van der Waals surface area contributed by atoms with Gasteiger partial charge in [-0.15, -0.1) is 5.10 Å². The van der Waals surface area contributed by atoms with Crippen LogP contribution < -0.4 is 5.56 Å². The molecule has 1 fully saturated rings. The summed E-state index contributed by atoms with van der Waals surface area (Å²) < 4.78 is 5.35. The van der Waals surface area contributed by atoms with Gasteiger partial charge < -0.3 is 10.0 Å². The fraction of sp³-hybridized carbons (Fsp3) is 0.389. The summed E-state index contributed by atoms with van der Waals surface area (Å²) >= 11 is 1.08. The Kier molecular flexibility index (Phi) is 4.71. The van der Waals surface area contributed by atoms with Gasteiger partial charge in [0, 0.05) is 6.54 Å². The fourth-order valence-corrected chi connectivity index (χ4v) is 4.21. The highest BCUT2D eigenvalue weighted by atomic mass is 32.1. The molecule has 2 aromatic heterocycles. The molecule has 1 atom stereocenters. The molecule has 4 rings (SSSR count). The molecule has 27 heavy (non-hydrogen) atoms. The lowest BCUT2D eigenvalue weighted by Gasteiger charge is -2.26. The summed E-state index contributed by atoms with van der Waals surface area (Å²) in [4.78, 5) is 32.9. The lowest BCUT2D eigenvalue weighted by molar-refractivity contribution is 0.0730. The first kappa shape index (κ1) is 17.7. The summed E-state index contributed by atoms with van der Waals surface area (Å²) in [5, 5.41) is 13.9. The number of aromatic nitrogens is 4. The molecule has 0 spiro atoms. The third-order valence-electron chi connectivity index (χ3n) is 4.87. The Morgan fingerprint density at radius 1 is 1.37 bits per heavy atom.